The largest absolute Gasteiger partial charge is 0.399 e. The quantitative estimate of drug-likeness (QED) is 0.706. The topological polar surface area (TPSA) is 68.0 Å². The van der Waals surface area contributed by atoms with Gasteiger partial charge >= 0.3 is 0 Å². The van der Waals surface area contributed by atoms with E-state index in [0.29, 0.717) is 11.3 Å². The smallest absolute Gasteiger partial charge is 0.256 e. The first-order chi connectivity index (χ1) is 10.1. The SMILES string of the molecule is Cc1cc(NC(=O)c2cccc3ncccc23)ccc1N. The third-order valence-corrected chi connectivity index (χ3v) is 3.42. The maximum Gasteiger partial charge on any atom is 0.256 e. The third kappa shape index (κ3) is 2.56. The van der Waals surface area contributed by atoms with Gasteiger partial charge in [0.15, 0.2) is 0 Å². The molecular weight excluding hydrogens is 262 g/mol. The van der Waals surface area contributed by atoms with Gasteiger partial charge in [0, 0.05) is 28.5 Å². The van der Waals surface area contributed by atoms with Crippen molar-refractivity contribution in [3.8, 4) is 0 Å². The van der Waals surface area contributed by atoms with E-state index in [0.717, 1.165) is 22.2 Å². The Morgan fingerprint density at radius 2 is 2.00 bits per heavy atom. The lowest BCUT2D eigenvalue weighted by Gasteiger charge is -2.09. The van der Waals surface area contributed by atoms with Gasteiger partial charge in [-0.15, -0.1) is 0 Å². The van der Waals surface area contributed by atoms with Crippen LogP contribution < -0.4 is 11.1 Å². The van der Waals surface area contributed by atoms with Crippen molar-refractivity contribution in [2.24, 2.45) is 0 Å². The van der Waals surface area contributed by atoms with Crippen LogP contribution in [0.4, 0.5) is 11.4 Å². The zero-order valence-corrected chi connectivity index (χ0v) is 11.6. The number of carbonyl (C=O) groups excluding carboxylic acids is 1. The Morgan fingerprint density at radius 1 is 1.14 bits per heavy atom. The molecule has 1 amide bonds. The molecule has 3 rings (SSSR count). The fourth-order valence-electron chi connectivity index (χ4n) is 2.25. The van der Waals surface area contributed by atoms with Crippen LogP contribution in [0, 0.1) is 6.92 Å². The molecule has 0 aliphatic heterocycles. The van der Waals surface area contributed by atoms with Gasteiger partial charge in [0.2, 0.25) is 0 Å². The first-order valence-electron chi connectivity index (χ1n) is 6.66. The second kappa shape index (κ2) is 5.25. The van der Waals surface area contributed by atoms with Crippen LogP contribution in [0.15, 0.2) is 54.7 Å². The molecule has 0 atom stereocenters. The van der Waals surface area contributed by atoms with E-state index in [9.17, 15) is 4.79 Å². The second-order valence-electron chi connectivity index (χ2n) is 4.90. The number of amides is 1. The summed E-state index contributed by atoms with van der Waals surface area (Å²) in [5.74, 6) is -0.155. The monoisotopic (exact) mass is 277 g/mol. The minimum absolute atomic E-state index is 0.155. The number of rotatable bonds is 2. The van der Waals surface area contributed by atoms with Gasteiger partial charge < -0.3 is 11.1 Å². The number of nitrogens with one attached hydrogen (secondary N) is 1. The fraction of sp³-hybridized carbons (Fsp3) is 0.0588. The number of hydrogen-bond donors (Lipinski definition) is 2. The van der Waals surface area contributed by atoms with E-state index < -0.39 is 0 Å². The van der Waals surface area contributed by atoms with E-state index in [2.05, 4.69) is 10.3 Å². The van der Waals surface area contributed by atoms with Crippen LogP contribution in [0.2, 0.25) is 0 Å². The van der Waals surface area contributed by atoms with Crippen molar-refractivity contribution < 1.29 is 4.79 Å². The first kappa shape index (κ1) is 13.1. The van der Waals surface area contributed by atoms with Crippen molar-refractivity contribution >= 4 is 28.2 Å². The average molecular weight is 277 g/mol. The number of aryl methyl sites for hydroxylation is 1. The summed E-state index contributed by atoms with van der Waals surface area (Å²) in [6.45, 7) is 1.91. The van der Waals surface area contributed by atoms with Gasteiger partial charge in [0.1, 0.15) is 0 Å². The van der Waals surface area contributed by atoms with Crippen molar-refractivity contribution in [2.45, 2.75) is 6.92 Å². The molecule has 4 heteroatoms. The van der Waals surface area contributed by atoms with Gasteiger partial charge in [-0.25, -0.2) is 0 Å². The number of carbonyl (C=O) groups is 1. The van der Waals surface area contributed by atoms with Crippen molar-refractivity contribution in [1.29, 1.82) is 0 Å². The summed E-state index contributed by atoms with van der Waals surface area (Å²) in [6, 6.07) is 14.7. The molecule has 0 saturated carbocycles. The van der Waals surface area contributed by atoms with Crippen molar-refractivity contribution in [1.82, 2.24) is 4.98 Å². The molecule has 1 heterocycles. The molecule has 3 N–H and O–H groups in total. The molecule has 0 unspecified atom stereocenters. The number of pyridine rings is 1. The lowest BCUT2D eigenvalue weighted by atomic mass is 10.1. The number of nitrogens with zero attached hydrogens (tertiary/aromatic N) is 1. The third-order valence-electron chi connectivity index (χ3n) is 3.42. The van der Waals surface area contributed by atoms with Gasteiger partial charge in [-0.1, -0.05) is 12.1 Å². The van der Waals surface area contributed by atoms with Crippen LogP contribution in [0.25, 0.3) is 10.9 Å². The molecule has 21 heavy (non-hydrogen) atoms. The molecule has 0 spiro atoms. The maximum atomic E-state index is 12.5. The van der Waals surface area contributed by atoms with Crippen LogP contribution in [0.1, 0.15) is 15.9 Å². The Hall–Kier alpha value is -2.88. The van der Waals surface area contributed by atoms with Gasteiger partial charge in [-0.3, -0.25) is 9.78 Å². The van der Waals surface area contributed by atoms with Crippen molar-refractivity contribution in [3.05, 3.63) is 65.9 Å². The molecule has 2 aromatic carbocycles. The predicted molar refractivity (Wildman–Crippen MR) is 85.3 cm³/mol. The number of hydrogen-bond acceptors (Lipinski definition) is 3. The number of anilines is 2. The molecule has 4 nitrogen and oxygen atoms in total. The van der Waals surface area contributed by atoms with Crippen molar-refractivity contribution in [2.75, 3.05) is 11.1 Å². The lowest BCUT2D eigenvalue weighted by Crippen LogP contribution is -2.12. The van der Waals surface area contributed by atoms with Crippen LogP contribution in [0.5, 0.6) is 0 Å². The zero-order valence-electron chi connectivity index (χ0n) is 11.6. The zero-order chi connectivity index (χ0) is 14.8. The van der Waals surface area contributed by atoms with Gasteiger partial charge in [0.25, 0.3) is 5.91 Å². The minimum Gasteiger partial charge on any atom is -0.399 e. The normalized spacial score (nSPS) is 10.5. The van der Waals surface area contributed by atoms with Gasteiger partial charge in [-0.2, -0.15) is 0 Å². The number of nitrogen functional groups attached to an aromatic ring is 1. The number of benzene rings is 2. The highest BCUT2D eigenvalue weighted by Gasteiger charge is 2.10. The second-order valence-corrected chi connectivity index (χ2v) is 4.90. The predicted octanol–water partition coefficient (Wildman–Crippen LogP) is 3.38. The highest BCUT2D eigenvalue weighted by Crippen LogP contribution is 2.20. The first-order valence-corrected chi connectivity index (χ1v) is 6.66. The summed E-state index contributed by atoms with van der Waals surface area (Å²) in [4.78, 5) is 16.7. The van der Waals surface area contributed by atoms with E-state index in [4.69, 9.17) is 5.73 Å². The van der Waals surface area contributed by atoms with Crippen LogP contribution in [-0.2, 0) is 0 Å². The Balaban J connectivity index is 1.95. The molecule has 1 aromatic heterocycles. The lowest BCUT2D eigenvalue weighted by molar-refractivity contribution is 0.102. The van der Waals surface area contributed by atoms with E-state index in [1.807, 2.05) is 37.3 Å². The van der Waals surface area contributed by atoms with Gasteiger partial charge in [0.05, 0.1) is 5.52 Å². The van der Waals surface area contributed by atoms with Crippen molar-refractivity contribution in [3.63, 3.8) is 0 Å². The number of nitrogens with two attached hydrogens (primary N) is 1. The van der Waals surface area contributed by atoms with E-state index in [1.54, 1.807) is 24.4 Å². The number of fused-ring (bicyclic) bond motifs is 1. The van der Waals surface area contributed by atoms with E-state index in [1.165, 1.54) is 0 Å². The molecule has 0 saturated heterocycles. The average Bonchev–Trinajstić information content (AvgIpc) is 2.50. The molecule has 104 valence electrons. The Kier molecular flexibility index (Phi) is 3.28. The summed E-state index contributed by atoms with van der Waals surface area (Å²) >= 11 is 0. The van der Waals surface area contributed by atoms with Gasteiger partial charge in [-0.05, 0) is 48.9 Å². The summed E-state index contributed by atoms with van der Waals surface area (Å²) in [7, 11) is 0. The molecule has 0 aliphatic carbocycles. The molecule has 3 aromatic rings. The highest BCUT2D eigenvalue weighted by atomic mass is 16.1. The summed E-state index contributed by atoms with van der Waals surface area (Å²) in [5, 5.41) is 3.73. The maximum absolute atomic E-state index is 12.5. The Morgan fingerprint density at radius 3 is 2.81 bits per heavy atom. The number of aromatic nitrogens is 1. The summed E-state index contributed by atoms with van der Waals surface area (Å²) in [5.41, 5.74) is 9.57. The highest BCUT2D eigenvalue weighted by molar-refractivity contribution is 6.12. The molecule has 0 aliphatic rings. The summed E-state index contributed by atoms with van der Waals surface area (Å²) in [6.07, 6.45) is 1.72. The van der Waals surface area contributed by atoms with Crippen LogP contribution in [0.3, 0.4) is 0 Å². The Labute approximate surface area is 122 Å². The summed E-state index contributed by atoms with van der Waals surface area (Å²) < 4.78 is 0. The molecule has 0 bridgehead atoms. The molecule has 0 fully saturated rings. The molecule has 0 radical (unpaired) electrons. The van der Waals surface area contributed by atoms with Crippen LogP contribution >= 0.6 is 0 Å². The standard InChI is InChI=1S/C17H15N3O/c1-11-10-12(7-8-15(11)18)20-17(21)14-4-2-6-16-13(14)5-3-9-19-16/h2-10H,18H2,1H3,(H,20,21). The van der Waals surface area contributed by atoms with Crippen LogP contribution in [-0.4, -0.2) is 10.9 Å². The minimum atomic E-state index is -0.155. The van der Waals surface area contributed by atoms with E-state index >= 15 is 0 Å². The fourth-order valence-corrected chi connectivity index (χ4v) is 2.25. The molecular formula is C17H15N3O. The van der Waals surface area contributed by atoms with E-state index in [-0.39, 0.29) is 5.91 Å². The Bertz CT molecular complexity index is 822.